The zero-order valence-electron chi connectivity index (χ0n) is 4.41. The van der Waals surface area contributed by atoms with Crippen LogP contribution >= 0.6 is 0 Å². The minimum atomic E-state index is 0.462. The fourth-order valence-corrected chi connectivity index (χ4v) is 2.68. The minimum absolute atomic E-state index is 0.462. The van der Waals surface area contributed by atoms with Crippen molar-refractivity contribution < 1.29 is 0 Å². The summed E-state index contributed by atoms with van der Waals surface area (Å²) in [4.78, 5) is 0. The highest BCUT2D eigenvalue weighted by Crippen LogP contribution is 1.78. The van der Waals surface area contributed by atoms with Crippen molar-refractivity contribution in [3.8, 4) is 0 Å². The van der Waals surface area contributed by atoms with Gasteiger partial charge in [0.2, 0.25) is 0 Å². The summed E-state index contributed by atoms with van der Waals surface area (Å²) in [5.74, 6) is 0. The van der Waals surface area contributed by atoms with Crippen LogP contribution in [-0.2, 0) is 0 Å². The van der Waals surface area contributed by atoms with Crippen molar-refractivity contribution in [2.75, 3.05) is 6.54 Å². The van der Waals surface area contributed by atoms with E-state index < -0.39 is 0 Å². The summed E-state index contributed by atoms with van der Waals surface area (Å²) in [6.07, 6.45) is 1.29. The minimum Gasteiger partial charge on any atom is -0.330 e. The Morgan fingerprint density at radius 1 is 1.67 bits per heavy atom. The molecule has 0 spiro atoms. The molecule has 0 fully saturated rings. The molecule has 0 aromatic heterocycles. The van der Waals surface area contributed by atoms with Crippen molar-refractivity contribution in [2.45, 2.75) is 12.5 Å². The average Bonchev–Trinajstić information content (AvgIpc) is 1.61. The molecule has 0 atom stereocenters. The first kappa shape index (κ1) is 6.39. The van der Waals surface area contributed by atoms with E-state index >= 15 is 0 Å². The van der Waals surface area contributed by atoms with Crippen LogP contribution in [0.5, 0.6) is 0 Å². The van der Waals surface area contributed by atoms with Gasteiger partial charge in [-0.05, 0) is 22.7 Å². The van der Waals surface area contributed by atoms with E-state index in [0.29, 0.717) is 9.04 Å². The predicted molar refractivity (Wildman–Crippen MR) is 37.0 cm³/mol. The van der Waals surface area contributed by atoms with Crippen molar-refractivity contribution in [3.05, 3.63) is 0 Å². The van der Waals surface area contributed by atoms with Crippen LogP contribution in [0.25, 0.3) is 0 Å². The quantitative estimate of drug-likeness (QED) is 0.344. The summed E-state index contributed by atoms with van der Waals surface area (Å²) in [5, 5.41) is 0. The van der Waals surface area contributed by atoms with Gasteiger partial charge in [-0.15, -0.1) is 0 Å². The lowest BCUT2D eigenvalue weighted by Crippen LogP contribution is -1.99. The molecule has 0 aromatic rings. The molecule has 38 valence electrons. The Balaban J connectivity index is 2.34. The molecule has 0 unspecified atom stereocenters. The first-order valence-corrected chi connectivity index (χ1v) is 9.27. The Morgan fingerprint density at radius 2 is 2.33 bits per heavy atom. The van der Waals surface area contributed by atoms with Gasteiger partial charge < -0.3 is 5.73 Å². The normalized spacial score (nSPS) is 11.5. The van der Waals surface area contributed by atoms with Gasteiger partial charge in [0.25, 0.3) is 0 Å². The molecule has 0 saturated carbocycles. The number of hydrogen-bond donors (Lipinski definition) is 1. The van der Waals surface area contributed by atoms with Crippen molar-refractivity contribution in [1.29, 1.82) is 0 Å². The molecule has 3 heteroatoms. The second-order valence-electron chi connectivity index (χ2n) is 1.50. The summed E-state index contributed by atoms with van der Waals surface area (Å²) >= 11 is 0. The van der Waals surface area contributed by atoms with Gasteiger partial charge in [-0.25, -0.2) is 0 Å². The number of nitrogens with two attached hydrogens (primary N) is 1. The Morgan fingerprint density at radius 3 is 2.50 bits per heavy atom. The van der Waals surface area contributed by atoms with Crippen LogP contribution in [0.15, 0.2) is 0 Å². The first-order chi connectivity index (χ1) is 2.91. The summed E-state index contributed by atoms with van der Waals surface area (Å²) in [7, 11) is 1.95. The Bertz CT molecular complexity index is 20.8. The van der Waals surface area contributed by atoms with Crippen LogP contribution in [-0.4, -0.2) is 25.3 Å². The van der Waals surface area contributed by atoms with E-state index in [0.717, 1.165) is 6.54 Å². The highest BCUT2D eigenvalue weighted by Gasteiger charge is 1.76. The maximum atomic E-state index is 5.25. The van der Waals surface area contributed by atoms with Crippen LogP contribution in [0.3, 0.4) is 0 Å². The number of hydrogen-bond acceptors (Lipinski definition) is 1. The lowest BCUT2D eigenvalue weighted by Gasteiger charge is -1.85. The van der Waals surface area contributed by atoms with Crippen LogP contribution in [0.4, 0.5) is 0 Å². The van der Waals surface area contributed by atoms with Crippen LogP contribution < -0.4 is 5.73 Å². The molecular formula is C3H13NSi2. The standard InChI is InChI=1S/C3H13NSi2/c4-2-1-3-6-5/h1-4,6H2,5H3. The molecule has 1 nitrogen and oxygen atoms in total. The van der Waals surface area contributed by atoms with Gasteiger partial charge in [0.15, 0.2) is 0 Å². The molecule has 0 radical (unpaired) electrons. The molecule has 0 heterocycles. The van der Waals surface area contributed by atoms with Crippen LogP contribution in [0, 0.1) is 0 Å². The zero-order chi connectivity index (χ0) is 4.83. The molecular weight excluding hydrogens is 106 g/mol. The van der Waals surface area contributed by atoms with Gasteiger partial charge in [0.1, 0.15) is 0 Å². The molecule has 0 aliphatic heterocycles. The summed E-state index contributed by atoms with van der Waals surface area (Å²) < 4.78 is 0. The van der Waals surface area contributed by atoms with Crippen LogP contribution in [0.1, 0.15) is 6.42 Å². The van der Waals surface area contributed by atoms with E-state index in [4.69, 9.17) is 5.73 Å². The van der Waals surface area contributed by atoms with Gasteiger partial charge in [-0.2, -0.15) is 0 Å². The van der Waals surface area contributed by atoms with E-state index in [1.165, 1.54) is 22.2 Å². The molecule has 6 heavy (non-hydrogen) atoms. The maximum Gasteiger partial charge on any atom is 0.00419 e. The largest absolute Gasteiger partial charge is 0.330 e. The fourth-order valence-electron chi connectivity index (χ4n) is 0.394. The Labute approximate surface area is 44.3 Å². The molecule has 0 aromatic carbocycles. The van der Waals surface area contributed by atoms with Gasteiger partial charge in [0.05, 0.1) is 0 Å². The Hall–Kier alpha value is 0.394. The molecule has 0 saturated heterocycles. The summed E-state index contributed by atoms with van der Waals surface area (Å²) in [6.45, 7) is 0.912. The third-order valence-electron chi connectivity index (χ3n) is 0.808. The third kappa shape index (κ3) is 4.39. The predicted octanol–water partition coefficient (Wildman–Crippen LogP) is -1.80. The van der Waals surface area contributed by atoms with E-state index in [2.05, 4.69) is 0 Å². The monoisotopic (exact) mass is 119 g/mol. The molecule has 2 N–H and O–H groups in total. The third-order valence-corrected chi connectivity index (χ3v) is 4.14. The maximum absolute atomic E-state index is 5.25. The highest BCUT2D eigenvalue weighted by molar-refractivity contribution is 6.89. The lowest BCUT2D eigenvalue weighted by molar-refractivity contribution is 0.928. The van der Waals surface area contributed by atoms with E-state index in [1.807, 2.05) is 0 Å². The van der Waals surface area contributed by atoms with Gasteiger partial charge in [-0.3, -0.25) is 0 Å². The summed E-state index contributed by atoms with van der Waals surface area (Å²) in [6, 6.07) is 1.49. The van der Waals surface area contributed by atoms with E-state index in [-0.39, 0.29) is 0 Å². The number of rotatable bonds is 3. The highest BCUT2D eigenvalue weighted by atomic mass is 29.1. The fraction of sp³-hybridized carbons (Fsp3) is 1.00. The smallest absolute Gasteiger partial charge is 0.00419 e. The van der Waals surface area contributed by atoms with E-state index in [1.54, 1.807) is 0 Å². The first-order valence-electron chi connectivity index (χ1n) is 2.62. The van der Waals surface area contributed by atoms with Gasteiger partial charge in [-0.1, -0.05) is 6.04 Å². The van der Waals surface area contributed by atoms with Crippen LogP contribution in [0.2, 0.25) is 6.04 Å². The zero-order valence-corrected chi connectivity index (χ0v) is 7.82. The molecule has 0 rings (SSSR count). The molecule has 0 amide bonds. The summed E-state index contributed by atoms with van der Waals surface area (Å²) in [5.41, 5.74) is 5.25. The SMILES string of the molecule is NCCC[SiH2][SiH3]. The van der Waals surface area contributed by atoms with Gasteiger partial charge >= 0.3 is 0 Å². The second kappa shape index (κ2) is 5.39. The Kier molecular flexibility index (Phi) is 5.75. The van der Waals surface area contributed by atoms with Crippen molar-refractivity contribution in [2.24, 2.45) is 5.73 Å². The second-order valence-corrected chi connectivity index (χ2v) is 6.20. The topological polar surface area (TPSA) is 26.0 Å². The molecule has 0 aliphatic carbocycles. The molecule has 0 bridgehead atoms. The average molecular weight is 119 g/mol. The lowest BCUT2D eigenvalue weighted by atomic mass is 10.5. The molecule has 0 aliphatic rings. The van der Waals surface area contributed by atoms with Crippen molar-refractivity contribution in [1.82, 2.24) is 0 Å². The van der Waals surface area contributed by atoms with Gasteiger partial charge in [0, 0.05) is 9.04 Å². The van der Waals surface area contributed by atoms with Crippen molar-refractivity contribution in [3.63, 3.8) is 0 Å². The van der Waals surface area contributed by atoms with E-state index in [9.17, 15) is 0 Å². The van der Waals surface area contributed by atoms with Crippen molar-refractivity contribution >= 4 is 18.8 Å².